The third kappa shape index (κ3) is 3.91. The Morgan fingerprint density at radius 2 is 1.81 bits per heavy atom. The number of hydrogen-bond donors (Lipinski definition) is 1. The minimum absolute atomic E-state index is 0.0223. The summed E-state index contributed by atoms with van der Waals surface area (Å²) in [5, 5.41) is 2.71. The Hall–Kier alpha value is -1.92. The predicted octanol–water partition coefficient (Wildman–Crippen LogP) is 4.92. The molecule has 4 nitrogen and oxygen atoms in total. The van der Waals surface area contributed by atoms with Crippen molar-refractivity contribution in [3.63, 3.8) is 0 Å². The van der Waals surface area contributed by atoms with E-state index in [4.69, 9.17) is 0 Å². The van der Waals surface area contributed by atoms with E-state index in [1.54, 1.807) is 23.5 Å². The first-order valence-corrected chi connectivity index (χ1v) is 10.7. The van der Waals surface area contributed by atoms with E-state index < -0.39 is 0 Å². The number of benzene rings is 2. The van der Waals surface area contributed by atoms with Crippen LogP contribution in [0.3, 0.4) is 0 Å². The Morgan fingerprint density at radius 1 is 1.15 bits per heavy atom. The molecule has 2 amide bonds. The molecule has 0 aromatic heterocycles. The van der Waals surface area contributed by atoms with Crippen molar-refractivity contribution in [3.05, 3.63) is 54.1 Å². The van der Waals surface area contributed by atoms with Crippen molar-refractivity contribution in [2.24, 2.45) is 0 Å². The van der Waals surface area contributed by atoms with Crippen molar-refractivity contribution < 1.29 is 9.59 Å². The lowest BCUT2D eigenvalue weighted by molar-refractivity contribution is -0.117. The van der Waals surface area contributed by atoms with Crippen LogP contribution in [0.5, 0.6) is 0 Å². The summed E-state index contributed by atoms with van der Waals surface area (Å²) in [6, 6.07) is 15.9. The number of rotatable bonds is 5. The smallest absolute Gasteiger partial charge is 0.241 e. The zero-order chi connectivity index (χ0) is 18.7. The first kappa shape index (κ1) is 18.9. The van der Waals surface area contributed by atoms with Gasteiger partial charge in [0.2, 0.25) is 11.8 Å². The fourth-order valence-corrected chi connectivity index (χ4v) is 4.52. The number of hydrogen-bond acceptors (Lipinski definition) is 4. The van der Waals surface area contributed by atoms with Gasteiger partial charge in [-0.3, -0.25) is 14.5 Å². The highest BCUT2D eigenvalue weighted by molar-refractivity contribution is 8.01. The maximum absolute atomic E-state index is 12.8. The molecule has 2 atom stereocenters. The summed E-state index contributed by atoms with van der Waals surface area (Å²) in [6.07, 6.45) is 2.49. The topological polar surface area (TPSA) is 49.4 Å². The third-order valence-corrected chi connectivity index (χ3v) is 6.40. The molecule has 0 aliphatic carbocycles. The molecule has 1 fully saturated rings. The lowest BCUT2D eigenvalue weighted by atomic mass is 10.1. The van der Waals surface area contributed by atoms with E-state index in [2.05, 4.69) is 35.8 Å². The normalized spacial score (nSPS) is 19.7. The van der Waals surface area contributed by atoms with Gasteiger partial charge in [0.1, 0.15) is 5.37 Å². The van der Waals surface area contributed by atoms with Crippen molar-refractivity contribution in [1.29, 1.82) is 0 Å². The van der Waals surface area contributed by atoms with Gasteiger partial charge in [0, 0.05) is 22.7 Å². The zero-order valence-corrected chi connectivity index (χ0v) is 16.7. The molecule has 2 aromatic carbocycles. The molecule has 0 unspecified atom stereocenters. The van der Waals surface area contributed by atoms with Crippen LogP contribution in [-0.2, 0) is 9.59 Å². The molecular weight excluding hydrogens is 364 g/mol. The van der Waals surface area contributed by atoms with Crippen molar-refractivity contribution in [2.45, 2.75) is 35.8 Å². The van der Waals surface area contributed by atoms with Crippen LogP contribution in [0, 0.1) is 0 Å². The van der Waals surface area contributed by atoms with E-state index in [9.17, 15) is 9.59 Å². The number of amides is 2. The van der Waals surface area contributed by atoms with E-state index in [1.165, 1.54) is 4.90 Å². The molecule has 26 heavy (non-hydrogen) atoms. The average Bonchev–Trinajstić information content (AvgIpc) is 2.97. The highest BCUT2D eigenvalue weighted by atomic mass is 32.2. The van der Waals surface area contributed by atoms with Gasteiger partial charge in [0.15, 0.2) is 0 Å². The molecule has 1 heterocycles. The number of nitrogens with zero attached hydrogens (tertiary/aromatic N) is 1. The van der Waals surface area contributed by atoms with Crippen LogP contribution >= 0.6 is 23.5 Å². The summed E-state index contributed by atoms with van der Waals surface area (Å²) in [6.45, 7) is 3.77. The zero-order valence-electron chi connectivity index (χ0n) is 15.1. The summed E-state index contributed by atoms with van der Waals surface area (Å²) in [4.78, 5) is 27.3. The second-order valence-corrected chi connectivity index (χ2v) is 8.37. The lowest BCUT2D eigenvalue weighted by Crippen LogP contribution is -2.30. The fraction of sp³-hybridized carbons (Fsp3) is 0.300. The molecule has 0 saturated carbocycles. The molecule has 1 N–H and O–H groups in total. The van der Waals surface area contributed by atoms with Crippen LogP contribution in [0.25, 0.3) is 0 Å². The second-order valence-electron chi connectivity index (χ2n) is 6.06. The Balaban J connectivity index is 1.87. The highest BCUT2D eigenvalue weighted by Gasteiger charge is 2.39. The van der Waals surface area contributed by atoms with Crippen LogP contribution in [0.15, 0.2) is 53.4 Å². The average molecular weight is 387 g/mol. The van der Waals surface area contributed by atoms with Crippen LogP contribution < -0.4 is 10.2 Å². The molecule has 3 rings (SSSR count). The SMILES string of the molecule is CCC(=O)Nc1ccc(N2C(=O)[C@H](C)S[C@H]2c2ccc(SC)cc2)cc1. The van der Waals surface area contributed by atoms with Gasteiger partial charge in [-0.25, -0.2) is 0 Å². The van der Waals surface area contributed by atoms with Crippen LogP contribution in [-0.4, -0.2) is 23.3 Å². The molecule has 1 saturated heterocycles. The van der Waals surface area contributed by atoms with Gasteiger partial charge in [-0.1, -0.05) is 19.1 Å². The first-order valence-electron chi connectivity index (χ1n) is 8.56. The summed E-state index contributed by atoms with van der Waals surface area (Å²) >= 11 is 3.37. The van der Waals surface area contributed by atoms with Gasteiger partial charge in [-0.05, 0) is 55.1 Å². The standard InChI is InChI=1S/C20H22N2O2S2/c1-4-18(23)21-15-7-9-16(10-8-15)22-19(24)13(2)26-20(22)14-5-11-17(25-3)12-6-14/h5-13,20H,4H2,1-3H3,(H,21,23)/t13-,20-/m0/s1. The largest absolute Gasteiger partial charge is 0.326 e. The quantitative estimate of drug-likeness (QED) is 0.741. The summed E-state index contributed by atoms with van der Waals surface area (Å²) in [7, 11) is 0. The van der Waals surface area contributed by atoms with Crippen molar-refractivity contribution >= 4 is 46.7 Å². The van der Waals surface area contributed by atoms with Gasteiger partial charge < -0.3 is 5.32 Å². The number of anilines is 2. The Kier molecular flexibility index (Phi) is 5.94. The minimum Gasteiger partial charge on any atom is -0.326 e. The number of carbonyl (C=O) groups excluding carboxylic acids is 2. The molecule has 1 aliphatic heterocycles. The molecule has 1 aliphatic rings. The monoisotopic (exact) mass is 386 g/mol. The van der Waals surface area contributed by atoms with Gasteiger partial charge in [-0.15, -0.1) is 23.5 Å². The summed E-state index contributed by atoms with van der Waals surface area (Å²) < 4.78 is 0. The number of nitrogens with one attached hydrogen (secondary N) is 1. The van der Waals surface area contributed by atoms with Crippen molar-refractivity contribution in [3.8, 4) is 0 Å². The van der Waals surface area contributed by atoms with E-state index in [1.807, 2.05) is 43.0 Å². The maximum Gasteiger partial charge on any atom is 0.241 e. The maximum atomic E-state index is 12.8. The van der Waals surface area contributed by atoms with Gasteiger partial charge in [-0.2, -0.15) is 0 Å². The molecule has 0 bridgehead atoms. The lowest BCUT2D eigenvalue weighted by Gasteiger charge is -2.24. The molecule has 0 radical (unpaired) electrons. The van der Waals surface area contributed by atoms with E-state index in [0.717, 1.165) is 16.9 Å². The second kappa shape index (κ2) is 8.18. The Morgan fingerprint density at radius 3 is 2.38 bits per heavy atom. The van der Waals surface area contributed by atoms with E-state index in [-0.39, 0.29) is 22.4 Å². The Labute approximate surface area is 162 Å². The molecule has 0 spiro atoms. The van der Waals surface area contributed by atoms with Gasteiger partial charge >= 0.3 is 0 Å². The minimum atomic E-state index is -0.0836. The summed E-state index contributed by atoms with van der Waals surface area (Å²) in [5.74, 6) is 0.0882. The number of carbonyl (C=O) groups is 2. The summed E-state index contributed by atoms with van der Waals surface area (Å²) in [5.41, 5.74) is 2.71. The predicted molar refractivity (Wildman–Crippen MR) is 111 cm³/mol. The molecular formula is C20H22N2O2S2. The van der Waals surface area contributed by atoms with E-state index >= 15 is 0 Å². The molecule has 136 valence electrons. The molecule has 2 aromatic rings. The van der Waals surface area contributed by atoms with Gasteiger partial charge in [0.25, 0.3) is 0 Å². The first-order chi connectivity index (χ1) is 12.5. The fourth-order valence-electron chi connectivity index (χ4n) is 2.84. The van der Waals surface area contributed by atoms with E-state index in [0.29, 0.717) is 6.42 Å². The van der Waals surface area contributed by atoms with Crippen LogP contribution in [0.4, 0.5) is 11.4 Å². The van der Waals surface area contributed by atoms with Gasteiger partial charge in [0.05, 0.1) is 5.25 Å². The van der Waals surface area contributed by atoms with Crippen LogP contribution in [0.2, 0.25) is 0 Å². The van der Waals surface area contributed by atoms with Crippen LogP contribution in [0.1, 0.15) is 31.2 Å². The number of thioether (sulfide) groups is 2. The molecule has 6 heteroatoms. The highest BCUT2D eigenvalue weighted by Crippen LogP contribution is 2.45. The van der Waals surface area contributed by atoms with Crippen molar-refractivity contribution in [1.82, 2.24) is 0 Å². The Bertz CT molecular complexity index is 790. The van der Waals surface area contributed by atoms with Crippen molar-refractivity contribution in [2.75, 3.05) is 16.5 Å². The third-order valence-electron chi connectivity index (χ3n) is 4.30.